The van der Waals surface area contributed by atoms with Crippen molar-refractivity contribution < 1.29 is 39.6 Å². The van der Waals surface area contributed by atoms with E-state index >= 15 is 0 Å². The van der Waals surface area contributed by atoms with Crippen molar-refractivity contribution in [1.29, 1.82) is 0 Å². The van der Waals surface area contributed by atoms with E-state index in [2.05, 4.69) is 20.0 Å². The third kappa shape index (κ3) is 4.29. The molecule has 42 heavy (non-hydrogen) atoms. The summed E-state index contributed by atoms with van der Waals surface area (Å²) in [5, 5.41) is 40.8. The van der Waals surface area contributed by atoms with Crippen LogP contribution >= 0.6 is 0 Å². The van der Waals surface area contributed by atoms with Crippen LogP contribution in [0.25, 0.3) is 5.57 Å². The molecule has 12 heteroatoms. The van der Waals surface area contributed by atoms with Gasteiger partial charge in [-0.25, -0.2) is 39.1 Å². The Balaban J connectivity index is 1.76. The first kappa shape index (κ1) is 26.0. The van der Waals surface area contributed by atoms with E-state index in [1.54, 1.807) is 60.7 Å². The quantitative estimate of drug-likeness (QED) is 0.421. The fraction of sp³-hybridized carbons (Fsp3) is 0. The maximum Gasteiger partial charge on any atom is 0.340 e. The van der Waals surface area contributed by atoms with Gasteiger partial charge in [0.25, 0.3) is 0 Å². The van der Waals surface area contributed by atoms with Crippen LogP contribution in [-0.4, -0.2) is 67.2 Å². The van der Waals surface area contributed by atoms with Crippen LogP contribution in [0, 0.1) is 0 Å². The molecule has 8 bridgehead atoms. The van der Waals surface area contributed by atoms with Gasteiger partial charge in [0.15, 0.2) is 0 Å². The van der Waals surface area contributed by atoms with Crippen molar-refractivity contribution in [3.63, 3.8) is 0 Å². The van der Waals surface area contributed by atoms with Gasteiger partial charge in [0.05, 0.1) is 51.2 Å². The van der Waals surface area contributed by atoms with E-state index in [1.807, 2.05) is 0 Å². The predicted octanol–water partition coefficient (Wildman–Crippen LogP) is 2.93. The molecule has 0 fully saturated rings. The number of carbonyl (C=O) groups is 4. The van der Waals surface area contributed by atoms with E-state index in [9.17, 15) is 39.6 Å². The molecular formula is C30H16N4O8. The molecule has 0 saturated carbocycles. The largest absolute Gasteiger partial charge is 0.478 e. The Kier molecular flexibility index (Phi) is 6.00. The van der Waals surface area contributed by atoms with Gasteiger partial charge in [0.2, 0.25) is 0 Å². The van der Waals surface area contributed by atoms with Crippen molar-refractivity contribution in [2.45, 2.75) is 0 Å². The summed E-state index contributed by atoms with van der Waals surface area (Å²) in [5.74, 6) is -6.76. The molecule has 0 saturated heterocycles. The Morgan fingerprint density at radius 1 is 0.548 bits per heavy atom. The van der Waals surface area contributed by atoms with Crippen LogP contribution in [-0.2, 0) is 19.2 Å². The van der Waals surface area contributed by atoms with Crippen LogP contribution in [0.15, 0.2) is 138 Å². The maximum absolute atomic E-state index is 12.8. The zero-order chi connectivity index (χ0) is 29.7. The summed E-state index contributed by atoms with van der Waals surface area (Å²) in [6.45, 7) is 0. The van der Waals surface area contributed by atoms with E-state index < -0.39 is 57.6 Å². The summed E-state index contributed by atoms with van der Waals surface area (Å²) in [6.07, 6.45) is 10.9. The van der Waals surface area contributed by atoms with Crippen LogP contribution in [0.3, 0.4) is 0 Å². The molecule has 5 aliphatic heterocycles. The van der Waals surface area contributed by atoms with E-state index in [-0.39, 0.29) is 22.7 Å². The first-order valence-corrected chi connectivity index (χ1v) is 12.2. The molecule has 0 unspecified atom stereocenters. The van der Waals surface area contributed by atoms with Gasteiger partial charge in [-0.1, -0.05) is 30.3 Å². The minimum absolute atomic E-state index is 0.0477. The highest BCUT2D eigenvalue weighted by Gasteiger charge is 2.41. The second-order valence-electron chi connectivity index (χ2n) is 9.18. The van der Waals surface area contributed by atoms with Crippen molar-refractivity contribution in [1.82, 2.24) is 0 Å². The number of benzene rings is 1. The Morgan fingerprint density at radius 3 is 1.71 bits per heavy atom. The molecule has 12 nitrogen and oxygen atoms in total. The van der Waals surface area contributed by atoms with Gasteiger partial charge in [0, 0.05) is 5.57 Å². The van der Waals surface area contributed by atoms with Crippen molar-refractivity contribution >= 4 is 52.3 Å². The van der Waals surface area contributed by atoms with E-state index in [0.29, 0.717) is 22.7 Å². The number of fused-ring (bicyclic) bond motifs is 4. The lowest BCUT2D eigenvalue weighted by atomic mass is 9.92. The molecule has 0 aromatic heterocycles. The lowest BCUT2D eigenvalue weighted by Gasteiger charge is -2.10. The summed E-state index contributed by atoms with van der Waals surface area (Å²) in [7, 11) is 0. The molecule has 5 heterocycles. The van der Waals surface area contributed by atoms with Gasteiger partial charge in [-0.3, -0.25) is 0 Å². The van der Waals surface area contributed by atoms with E-state index in [1.165, 1.54) is 12.2 Å². The van der Waals surface area contributed by atoms with Crippen molar-refractivity contribution in [3.8, 4) is 0 Å². The monoisotopic (exact) mass is 560 g/mol. The first-order valence-electron chi connectivity index (χ1n) is 12.2. The molecule has 0 amide bonds. The van der Waals surface area contributed by atoms with Crippen molar-refractivity contribution in [2.24, 2.45) is 20.0 Å². The predicted molar refractivity (Wildman–Crippen MR) is 150 cm³/mol. The van der Waals surface area contributed by atoms with Crippen LogP contribution in [0.1, 0.15) is 5.56 Å². The average molecular weight is 560 g/mol. The van der Waals surface area contributed by atoms with Crippen LogP contribution < -0.4 is 0 Å². The Morgan fingerprint density at radius 2 is 1.12 bits per heavy atom. The van der Waals surface area contributed by atoms with Gasteiger partial charge >= 0.3 is 23.9 Å². The number of hydrogen-bond acceptors (Lipinski definition) is 8. The fourth-order valence-corrected chi connectivity index (χ4v) is 4.91. The lowest BCUT2D eigenvalue weighted by Crippen LogP contribution is -2.22. The standard InChI is InChI=1S/C30H16N4O8/c35-27(36)21-19-12-17-9-7-15(32-17)10-14-6-8-16(31-14)11-18-20(13-4-2-1-3-5-13)22(28(37)38)25(33-18)24(30(41)42)26(34-19)23(21)29(39)40/h1-12H,(H,35,36)(H,37,38)(H,39,40)(H,41,42). The number of aliphatic imine (C=N–C) groups is 4. The zero-order valence-corrected chi connectivity index (χ0v) is 21.1. The zero-order valence-electron chi connectivity index (χ0n) is 21.1. The number of hydrogen-bond donors (Lipinski definition) is 4. The molecular weight excluding hydrogens is 544 g/mol. The molecule has 1 aromatic rings. The Hall–Kier alpha value is -6.30. The first-order chi connectivity index (χ1) is 20.1. The molecule has 204 valence electrons. The highest BCUT2D eigenvalue weighted by molar-refractivity contribution is 6.42. The normalized spacial score (nSPS) is 18.8. The fourth-order valence-electron chi connectivity index (χ4n) is 4.91. The molecule has 0 radical (unpaired) electrons. The molecule has 0 aliphatic carbocycles. The molecule has 0 spiro atoms. The summed E-state index contributed by atoms with van der Waals surface area (Å²) >= 11 is 0. The van der Waals surface area contributed by atoms with Crippen LogP contribution in [0.2, 0.25) is 0 Å². The minimum atomic E-state index is -1.78. The minimum Gasteiger partial charge on any atom is -0.478 e. The number of carboxylic acid groups (broad SMARTS) is 4. The molecule has 1 aromatic carbocycles. The van der Waals surface area contributed by atoms with Gasteiger partial charge in [0.1, 0.15) is 16.7 Å². The second-order valence-corrected chi connectivity index (χ2v) is 9.18. The number of allylic oxidation sites excluding steroid dienone is 8. The van der Waals surface area contributed by atoms with E-state index in [4.69, 9.17) is 0 Å². The SMILES string of the molecule is O=C(O)C1=C2N=C(C=C3C=CC(=N3)C=C3C=CC(=N3)C=C3N=C1C(C(=O)O)=C3c1ccccc1)C(C(=O)O)=C2C(=O)O. The Bertz CT molecular complexity index is 1950. The third-order valence-corrected chi connectivity index (χ3v) is 6.57. The highest BCUT2D eigenvalue weighted by atomic mass is 16.4. The number of carboxylic acids is 4. The van der Waals surface area contributed by atoms with Crippen LogP contribution in [0.5, 0.6) is 0 Å². The summed E-state index contributed by atoms with van der Waals surface area (Å²) in [4.78, 5) is 67.7. The van der Waals surface area contributed by atoms with Gasteiger partial charge in [-0.2, -0.15) is 0 Å². The van der Waals surface area contributed by atoms with Gasteiger partial charge in [-0.15, -0.1) is 0 Å². The number of nitrogens with zero attached hydrogens (tertiary/aromatic N) is 4. The lowest BCUT2D eigenvalue weighted by molar-refractivity contribution is -0.135. The average Bonchev–Trinajstić information content (AvgIpc) is 3.71. The Labute approximate surface area is 235 Å². The molecule has 6 rings (SSSR count). The summed E-state index contributed by atoms with van der Waals surface area (Å²) in [6, 6.07) is 8.26. The smallest absolute Gasteiger partial charge is 0.340 e. The molecule has 4 N–H and O–H groups in total. The topological polar surface area (TPSA) is 199 Å². The maximum atomic E-state index is 12.8. The summed E-state index contributed by atoms with van der Waals surface area (Å²) < 4.78 is 0. The molecule has 5 aliphatic rings. The van der Waals surface area contributed by atoms with Gasteiger partial charge in [-0.05, 0) is 48.1 Å². The van der Waals surface area contributed by atoms with Gasteiger partial charge < -0.3 is 20.4 Å². The van der Waals surface area contributed by atoms with Crippen molar-refractivity contribution in [3.05, 3.63) is 124 Å². The third-order valence-electron chi connectivity index (χ3n) is 6.57. The van der Waals surface area contributed by atoms with E-state index in [0.717, 1.165) is 0 Å². The number of rotatable bonds is 5. The van der Waals surface area contributed by atoms with Crippen molar-refractivity contribution in [2.75, 3.05) is 0 Å². The molecule has 0 atom stereocenters. The summed E-state index contributed by atoms with van der Waals surface area (Å²) in [5.41, 5.74) is -2.79. The second kappa shape index (κ2) is 9.71. The highest BCUT2D eigenvalue weighted by Crippen LogP contribution is 2.40. The van der Waals surface area contributed by atoms with Crippen LogP contribution in [0.4, 0.5) is 0 Å². The number of aliphatic carboxylic acids is 4.